The molecule has 7 nitrogen and oxygen atoms in total. The third-order valence-corrected chi connectivity index (χ3v) is 4.39. The number of carbonyl (C=O) groups is 2. The zero-order valence-corrected chi connectivity index (χ0v) is 14.9. The molecule has 0 radical (unpaired) electrons. The van der Waals surface area contributed by atoms with Gasteiger partial charge in [-0.1, -0.05) is 0 Å². The maximum atomic E-state index is 14.4. The number of fused-ring (bicyclic) bond motifs is 1. The van der Waals surface area contributed by atoms with E-state index in [9.17, 15) is 23.5 Å². The number of pyridine rings is 1. The molecular formula is C20H12F2N4O3. The van der Waals surface area contributed by atoms with Gasteiger partial charge in [-0.05, 0) is 37.3 Å². The summed E-state index contributed by atoms with van der Waals surface area (Å²) in [7, 11) is 0. The number of aryl methyl sites for hydroxylation is 1. The van der Waals surface area contributed by atoms with Crippen molar-refractivity contribution in [1.82, 2.24) is 19.6 Å². The molecule has 0 saturated carbocycles. The fraction of sp³-hybridized carbons (Fsp3) is 0.0500. The second-order valence-corrected chi connectivity index (χ2v) is 6.24. The summed E-state index contributed by atoms with van der Waals surface area (Å²) in [5, 5.41) is 13.8. The van der Waals surface area contributed by atoms with Crippen molar-refractivity contribution in [2.75, 3.05) is 0 Å². The van der Waals surface area contributed by atoms with Crippen molar-refractivity contribution in [2.45, 2.75) is 6.92 Å². The Morgan fingerprint density at radius 2 is 1.97 bits per heavy atom. The molecule has 0 bridgehead atoms. The molecule has 9 heteroatoms. The Hall–Kier alpha value is -4.01. The molecule has 0 aliphatic heterocycles. The summed E-state index contributed by atoms with van der Waals surface area (Å²) in [6.45, 7) is 1.58. The van der Waals surface area contributed by atoms with Crippen molar-refractivity contribution < 1.29 is 23.5 Å². The van der Waals surface area contributed by atoms with Gasteiger partial charge >= 0.3 is 5.97 Å². The first-order chi connectivity index (χ1) is 13.9. The molecule has 0 aliphatic carbocycles. The maximum Gasteiger partial charge on any atom is 0.354 e. The fourth-order valence-electron chi connectivity index (χ4n) is 3.06. The molecule has 3 aromatic heterocycles. The lowest BCUT2D eigenvalue weighted by Gasteiger charge is -2.07. The highest BCUT2D eigenvalue weighted by molar-refractivity contribution is 5.90. The summed E-state index contributed by atoms with van der Waals surface area (Å²) in [5.41, 5.74) is 1.47. The molecule has 4 rings (SSSR count). The van der Waals surface area contributed by atoms with Crippen molar-refractivity contribution in [3.63, 3.8) is 0 Å². The zero-order chi connectivity index (χ0) is 20.7. The van der Waals surface area contributed by atoms with Crippen molar-refractivity contribution in [3.8, 4) is 22.4 Å². The molecule has 0 fully saturated rings. The third kappa shape index (κ3) is 3.12. The summed E-state index contributed by atoms with van der Waals surface area (Å²) in [6, 6.07) is 7.45. The van der Waals surface area contributed by atoms with Crippen LogP contribution in [0.25, 0.3) is 28.0 Å². The Balaban J connectivity index is 2.03. The van der Waals surface area contributed by atoms with Gasteiger partial charge in [0.05, 0.1) is 17.0 Å². The Labute approximate surface area is 162 Å². The molecule has 1 N–H and O–H groups in total. The monoisotopic (exact) mass is 394 g/mol. The molecule has 0 spiro atoms. The highest BCUT2D eigenvalue weighted by atomic mass is 19.1. The van der Waals surface area contributed by atoms with Gasteiger partial charge in [-0.25, -0.2) is 23.1 Å². The fourth-order valence-corrected chi connectivity index (χ4v) is 3.06. The number of carbonyl (C=O) groups excluding carboxylic acids is 1. The molecule has 3 heterocycles. The first-order valence-corrected chi connectivity index (χ1v) is 8.39. The summed E-state index contributed by atoms with van der Waals surface area (Å²) in [4.78, 5) is 31.0. The number of aromatic nitrogens is 4. The van der Waals surface area contributed by atoms with Gasteiger partial charge in [0.1, 0.15) is 17.3 Å². The third-order valence-electron chi connectivity index (χ3n) is 4.39. The van der Waals surface area contributed by atoms with E-state index >= 15 is 0 Å². The Bertz CT molecular complexity index is 1280. The van der Waals surface area contributed by atoms with E-state index in [-0.39, 0.29) is 33.9 Å². The summed E-state index contributed by atoms with van der Waals surface area (Å²) < 4.78 is 28.9. The van der Waals surface area contributed by atoms with Gasteiger partial charge in [0.2, 0.25) is 0 Å². The van der Waals surface area contributed by atoms with Gasteiger partial charge in [0.15, 0.2) is 17.6 Å². The Morgan fingerprint density at radius 1 is 1.17 bits per heavy atom. The largest absolute Gasteiger partial charge is 0.477 e. The van der Waals surface area contributed by atoms with Crippen molar-refractivity contribution >= 4 is 17.9 Å². The predicted octanol–water partition coefficient (Wildman–Crippen LogP) is 3.56. The van der Waals surface area contributed by atoms with Crippen LogP contribution in [0.15, 0.2) is 42.6 Å². The first-order valence-electron chi connectivity index (χ1n) is 8.39. The highest BCUT2D eigenvalue weighted by Gasteiger charge is 2.22. The van der Waals surface area contributed by atoms with Gasteiger partial charge in [-0.3, -0.25) is 9.78 Å². The lowest BCUT2D eigenvalue weighted by molar-refractivity contribution is 0.0687. The molecule has 29 heavy (non-hydrogen) atoms. The standard InChI is InChI=1S/C20H12F2N4O3/c1-10-18(14-5-3-12(21)6-15(14)22)19-24-16(7-17(20(28)29)26(19)25-10)11-2-4-13(9-27)23-8-11/h2-9H,1H3,(H,28,29). The van der Waals surface area contributed by atoms with Crippen molar-refractivity contribution in [3.05, 3.63) is 71.3 Å². The van der Waals surface area contributed by atoms with Crippen LogP contribution >= 0.6 is 0 Å². The molecule has 1 aromatic carbocycles. The minimum absolute atomic E-state index is 0.0503. The van der Waals surface area contributed by atoms with Crippen LogP contribution in [-0.2, 0) is 0 Å². The molecule has 144 valence electrons. The topological polar surface area (TPSA) is 97.5 Å². The van der Waals surface area contributed by atoms with Gasteiger partial charge < -0.3 is 5.11 Å². The highest BCUT2D eigenvalue weighted by Crippen LogP contribution is 2.32. The summed E-state index contributed by atoms with van der Waals surface area (Å²) in [6.07, 6.45) is 1.97. The van der Waals surface area contributed by atoms with E-state index in [1.54, 1.807) is 13.0 Å². The van der Waals surface area contributed by atoms with Gasteiger partial charge in [-0.15, -0.1) is 0 Å². The summed E-state index contributed by atoms with van der Waals surface area (Å²) in [5.74, 6) is -2.81. The van der Waals surface area contributed by atoms with E-state index in [1.165, 1.54) is 24.4 Å². The second kappa shape index (κ2) is 6.86. The van der Waals surface area contributed by atoms with Gasteiger partial charge in [-0.2, -0.15) is 5.10 Å². The van der Waals surface area contributed by atoms with E-state index in [4.69, 9.17) is 0 Å². The summed E-state index contributed by atoms with van der Waals surface area (Å²) >= 11 is 0. The Kier molecular flexibility index (Phi) is 4.34. The molecule has 0 atom stereocenters. The number of aldehydes is 1. The lowest BCUT2D eigenvalue weighted by Crippen LogP contribution is -2.08. The van der Waals surface area contributed by atoms with Crippen molar-refractivity contribution in [2.24, 2.45) is 0 Å². The number of carboxylic acid groups (broad SMARTS) is 1. The van der Waals surface area contributed by atoms with E-state index in [0.717, 1.165) is 16.6 Å². The van der Waals surface area contributed by atoms with Crippen LogP contribution in [-0.4, -0.2) is 36.9 Å². The van der Waals surface area contributed by atoms with Crippen molar-refractivity contribution in [1.29, 1.82) is 0 Å². The van der Waals surface area contributed by atoms with Crippen LogP contribution in [0.5, 0.6) is 0 Å². The predicted molar refractivity (Wildman–Crippen MR) is 98.7 cm³/mol. The van der Waals surface area contributed by atoms with Crippen LogP contribution in [0.3, 0.4) is 0 Å². The molecule has 0 unspecified atom stereocenters. The molecule has 0 aliphatic rings. The van der Waals surface area contributed by atoms with E-state index in [1.807, 2.05) is 0 Å². The number of halogens is 2. The minimum Gasteiger partial charge on any atom is -0.477 e. The van der Waals surface area contributed by atoms with Gasteiger partial charge in [0.25, 0.3) is 0 Å². The van der Waals surface area contributed by atoms with Crippen LogP contribution in [0.4, 0.5) is 8.78 Å². The number of benzene rings is 1. The number of aromatic carboxylic acids is 1. The molecular weight excluding hydrogens is 382 g/mol. The van der Waals surface area contributed by atoms with Crippen LogP contribution in [0.2, 0.25) is 0 Å². The first kappa shape index (κ1) is 18.4. The van der Waals surface area contributed by atoms with Crippen LogP contribution < -0.4 is 0 Å². The van der Waals surface area contributed by atoms with E-state index in [0.29, 0.717) is 17.5 Å². The van der Waals surface area contributed by atoms with Crippen LogP contribution in [0.1, 0.15) is 26.7 Å². The minimum atomic E-state index is -1.26. The smallest absolute Gasteiger partial charge is 0.354 e. The average molecular weight is 394 g/mol. The molecule has 0 saturated heterocycles. The van der Waals surface area contributed by atoms with E-state index < -0.39 is 17.6 Å². The van der Waals surface area contributed by atoms with E-state index in [2.05, 4.69) is 15.1 Å². The number of hydrogen-bond acceptors (Lipinski definition) is 5. The Morgan fingerprint density at radius 3 is 2.59 bits per heavy atom. The normalized spacial score (nSPS) is 11.0. The number of nitrogens with zero attached hydrogens (tertiary/aromatic N) is 4. The zero-order valence-electron chi connectivity index (χ0n) is 14.9. The van der Waals surface area contributed by atoms with Gasteiger partial charge in [0, 0.05) is 23.4 Å². The number of hydrogen-bond donors (Lipinski definition) is 1. The van der Waals surface area contributed by atoms with Crippen LogP contribution in [0, 0.1) is 18.6 Å². The quantitative estimate of drug-likeness (QED) is 0.532. The molecule has 0 amide bonds. The number of rotatable bonds is 4. The maximum absolute atomic E-state index is 14.4. The average Bonchev–Trinajstić information content (AvgIpc) is 3.03. The molecule has 4 aromatic rings. The number of carboxylic acids is 1. The second-order valence-electron chi connectivity index (χ2n) is 6.24. The lowest BCUT2D eigenvalue weighted by atomic mass is 10.1. The SMILES string of the molecule is Cc1nn2c(C(=O)O)cc(-c3ccc(C=O)nc3)nc2c1-c1ccc(F)cc1F.